The lowest BCUT2D eigenvalue weighted by atomic mass is 9.96. The second kappa shape index (κ2) is 7.53. The number of likely N-dealkylation sites (tertiary alicyclic amines) is 1. The Kier molecular flexibility index (Phi) is 5.19. The molecule has 0 saturated carbocycles. The summed E-state index contributed by atoms with van der Waals surface area (Å²) in [5.74, 6) is -0.264. The highest BCUT2D eigenvalue weighted by Gasteiger charge is 2.37. The van der Waals surface area contributed by atoms with Crippen molar-refractivity contribution in [3.8, 4) is 11.8 Å². The van der Waals surface area contributed by atoms with E-state index < -0.39 is 5.97 Å². The van der Waals surface area contributed by atoms with Crippen LogP contribution in [0.3, 0.4) is 0 Å². The van der Waals surface area contributed by atoms with Gasteiger partial charge >= 0.3 is 5.97 Å². The third kappa shape index (κ3) is 3.91. The van der Waals surface area contributed by atoms with E-state index in [-0.39, 0.29) is 30.5 Å². The van der Waals surface area contributed by atoms with Gasteiger partial charge < -0.3 is 20.1 Å². The van der Waals surface area contributed by atoms with Gasteiger partial charge in [0.05, 0.1) is 12.1 Å². The molecule has 0 aliphatic carbocycles. The summed E-state index contributed by atoms with van der Waals surface area (Å²) in [6, 6.07) is 8.98. The molecule has 2 saturated heterocycles. The normalized spacial score (nSPS) is 25.6. The van der Waals surface area contributed by atoms with E-state index in [0.29, 0.717) is 25.3 Å². The van der Waals surface area contributed by atoms with Crippen LogP contribution in [0.1, 0.15) is 30.7 Å². The van der Waals surface area contributed by atoms with E-state index in [1.807, 2.05) is 12.1 Å². The lowest BCUT2D eigenvalue weighted by Gasteiger charge is -2.23. The van der Waals surface area contributed by atoms with Gasteiger partial charge in [-0.3, -0.25) is 4.79 Å². The van der Waals surface area contributed by atoms with Gasteiger partial charge in [-0.15, -0.1) is 0 Å². The maximum Gasteiger partial charge on any atom is 0.341 e. The van der Waals surface area contributed by atoms with Crippen LogP contribution in [0.5, 0.6) is 5.75 Å². The van der Waals surface area contributed by atoms with E-state index in [0.717, 1.165) is 18.4 Å². The van der Waals surface area contributed by atoms with Gasteiger partial charge in [0.2, 0.25) is 5.91 Å². The molecule has 0 aromatic heterocycles. The summed E-state index contributed by atoms with van der Waals surface area (Å²) in [4.78, 5) is 24.8. The molecule has 7 heteroatoms. The first-order chi connectivity index (χ1) is 12.1. The SMILES string of the molecule is N#C[C@@H]1CCCN1C(=O)[C@@H]1C[C@H](c2ccc(OCC(=O)O)cc2)CN1. The highest BCUT2D eigenvalue weighted by molar-refractivity contribution is 5.83. The number of carbonyl (C=O) groups is 2. The molecule has 25 heavy (non-hydrogen) atoms. The molecule has 7 nitrogen and oxygen atoms in total. The zero-order valence-corrected chi connectivity index (χ0v) is 13.9. The number of carboxylic acids is 1. The van der Waals surface area contributed by atoms with Gasteiger partial charge in [0.25, 0.3) is 0 Å². The third-order valence-electron chi connectivity index (χ3n) is 4.83. The number of aliphatic carboxylic acids is 1. The second-order valence-corrected chi connectivity index (χ2v) is 6.46. The number of hydrogen-bond acceptors (Lipinski definition) is 5. The number of ether oxygens (including phenoxy) is 1. The van der Waals surface area contributed by atoms with Crippen molar-refractivity contribution >= 4 is 11.9 Å². The van der Waals surface area contributed by atoms with Crippen LogP contribution in [0.25, 0.3) is 0 Å². The van der Waals surface area contributed by atoms with E-state index >= 15 is 0 Å². The average molecular weight is 343 g/mol. The summed E-state index contributed by atoms with van der Waals surface area (Å²) in [7, 11) is 0. The Hall–Kier alpha value is -2.59. The molecule has 1 amide bonds. The molecule has 3 atom stereocenters. The third-order valence-corrected chi connectivity index (χ3v) is 4.83. The number of rotatable bonds is 5. The average Bonchev–Trinajstić information content (AvgIpc) is 3.29. The van der Waals surface area contributed by atoms with Gasteiger partial charge in [-0.1, -0.05) is 12.1 Å². The highest BCUT2D eigenvalue weighted by Crippen LogP contribution is 2.29. The van der Waals surface area contributed by atoms with Crippen molar-refractivity contribution in [3.05, 3.63) is 29.8 Å². The van der Waals surface area contributed by atoms with Crippen molar-refractivity contribution in [2.45, 2.75) is 37.3 Å². The number of hydrogen-bond donors (Lipinski definition) is 2. The molecule has 2 fully saturated rings. The second-order valence-electron chi connectivity index (χ2n) is 6.46. The first kappa shape index (κ1) is 17.2. The predicted molar refractivity (Wildman–Crippen MR) is 89.1 cm³/mol. The monoisotopic (exact) mass is 343 g/mol. The Morgan fingerprint density at radius 3 is 2.80 bits per heavy atom. The predicted octanol–water partition coefficient (Wildman–Crippen LogP) is 1.11. The molecule has 0 radical (unpaired) electrons. The van der Waals surface area contributed by atoms with Crippen LogP contribution in [-0.2, 0) is 9.59 Å². The van der Waals surface area contributed by atoms with Crippen LogP contribution in [-0.4, -0.2) is 53.7 Å². The summed E-state index contributed by atoms with van der Waals surface area (Å²) < 4.78 is 5.13. The van der Waals surface area contributed by atoms with Crippen LogP contribution in [0, 0.1) is 11.3 Å². The number of carboxylic acid groups (broad SMARTS) is 1. The van der Waals surface area contributed by atoms with Crippen molar-refractivity contribution in [1.29, 1.82) is 5.26 Å². The number of nitriles is 1. The molecule has 0 spiro atoms. The summed E-state index contributed by atoms with van der Waals surface area (Å²) in [6.07, 6.45) is 2.34. The first-order valence-corrected chi connectivity index (χ1v) is 8.46. The zero-order chi connectivity index (χ0) is 17.8. The van der Waals surface area contributed by atoms with Crippen molar-refractivity contribution in [1.82, 2.24) is 10.2 Å². The number of benzene rings is 1. The highest BCUT2D eigenvalue weighted by atomic mass is 16.5. The van der Waals surface area contributed by atoms with Crippen molar-refractivity contribution in [3.63, 3.8) is 0 Å². The topological polar surface area (TPSA) is 103 Å². The molecule has 0 bridgehead atoms. The lowest BCUT2D eigenvalue weighted by molar-refractivity contribution is -0.139. The molecule has 2 N–H and O–H groups in total. The van der Waals surface area contributed by atoms with Crippen molar-refractivity contribution in [2.24, 2.45) is 0 Å². The standard InChI is InChI=1S/C18H21N3O4/c19-9-14-2-1-7-21(14)18(24)16-8-13(10-20-16)12-3-5-15(6-4-12)25-11-17(22)23/h3-6,13-14,16,20H,1-2,7-8,10-11H2,(H,22,23)/t13-,14-,16-/m0/s1. The first-order valence-electron chi connectivity index (χ1n) is 8.46. The quantitative estimate of drug-likeness (QED) is 0.830. The van der Waals surface area contributed by atoms with Gasteiger partial charge in [0.1, 0.15) is 11.8 Å². The molecule has 2 aliphatic rings. The molecule has 2 heterocycles. The Labute approximate surface area is 146 Å². The fourth-order valence-corrected chi connectivity index (χ4v) is 3.52. The fourth-order valence-electron chi connectivity index (χ4n) is 3.52. The largest absolute Gasteiger partial charge is 0.482 e. The molecule has 2 aliphatic heterocycles. The molecular formula is C18H21N3O4. The number of nitrogens with one attached hydrogen (secondary N) is 1. The molecule has 0 unspecified atom stereocenters. The van der Waals surface area contributed by atoms with Crippen LogP contribution >= 0.6 is 0 Å². The van der Waals surface area contributed by atoms with E-state index in [1.165, 1.54) is 0 Å². The Bertz CT molecular complexity index is 683. The van der Waals surface area contributed by atoms with E-state index in [2.05, 4.69) is 11.4 Å². The number of nitrogens with zero attached hydrogens (tertiary/aromatic N) is 2. The van der Waals surface area contributed by atoms with Crippen LogP contribution in [0.15, 0.2) is 24.3 Å². The molecule has 1 aromatic rings. The van der Waals surface area contributed by atoms with Crippen LogP contribution in [0.2, 0.25) is 0 Å². The van der Waals surface area contributed by atoms with Gasteiger partial charge in [-0.05, 0) is 42.9 Å². The Morgan fingerprint density at radius 1 is 1.36 bits per heavy atom. The van der Waals surface area contributed by atoms with Gasteiger partial charge in [0.15, 0.2) is 6.61 Å². The Morgan fingerprint density at radius 2 is 2.12 bits per heavy atom. The van der Waals surface area contributed by atoms with Crippen LogP contribution < -0.4 is 10.1 Å². The molecular weight excluding hydrogens is 322 g/mol. The van der Waals surface area contributed by atoms with Crippen LogP contribution in [0.4, 0.5) is 0 Å². The summed E-state index contributed by atoms with van der Waals surface area (Å²) in [6.45, 7) is 1.00. The maximum absolute atomic E-state index is 12.6. The maximum atomic E-state index is 12.6. The van der Waals surface area contributed by atoms with E-state index in [1.54, 1.807) is 17.0 Å². The summed E-state index contributed by atoms with van der Waals surface area (Å²) >= 11 is 0. The molecule has 3 rings (SSSR count). The number of amides is 1. The minimum atomic E-state index is -1.01. The van der Waals surface area contributed by atoms with E-state index in [9.17, 15) is 9.59 Å². The zero-order valence-electron chi connectivity index (χ0n) is 13.9. The molecule has 1 aromatic carbocycles. The lowest BCUT2D eigenvalue weighted by Crippen LogP contribution is -2.45. The number of carbonyl (C=O) groups excluding carboxylic acids is 1. The molecule has 132 valence electrons. The Balaban J connectivity index is 1.58. The van der Waals surface area contributed by atoms with Crippen molar-refractivity contribution in [2.75, 3.05) is 19.7 Å². The summed E-state index contributed by atoms with van der Waals surface area (Å²) in [5, 5.41) is 21.0. The smallest absolute Gasteiger partial charge is 0.341 e. The van der Waals surface area contributed by atoms with Gasteiger partial charge in [-0.2, -0.15) is 5.26 Å². The van der Waals surface area contributed by atoms with Gasteiger partial charge in [0, 0.05) is 13.1 Å². The van der Waals surface area contributed by atoms with Gasteiger partial charge in [-0.25, -0.2) is 4.79 Å². The fraction of sp³-hybridized carbons (Fsp3) is 0.500. The minimum Gasteiger partial charge on any atom is -0.482 e. The summed E-state index contributed by atoms with van der Waals surface area (Å²) in [5.41, 5.74) is 1.09. The van der Waals surface area contributed by atoms with Crippen molar-refractivity contribution < 1.29 is 19.4 Å². The minimum absolute atomic E-state index is 0.0213. The van der Waals surface area contributed by atoms with E-state index in [4.69, 9.17) is 15.1 Å².